The molecule has 0 saturated carbocycles. The zero-order chi connectivity index (χ0) is 83.0. The van der Waals surface area contributed by atoms with Crippen molar-refractivity contribution < 1.29 is 159 Å². The third kappa shape index (κ3) is 23.0. The van der Waals surface area contributed by atoms with Crippen LogP contribution in [0.2, 0.25) is 0 Å². The molecular weight excluding hydrogens is 1840 g/mol. The summed E-state index contributed by atoms with van der Waals surface area (Å²) >= 11 is 3.22. The summed E-state index contributed by atoms with van der Waals surface area (Å²) in [6, 6.07) is 31.1. The second-order valence-corrected chi connectivity index (χ2v) is 30.0. The van der Waals surface area contributed by atoms with Crippen molar-refractivity contribution in [2.75, 3.05) is 23.8 Å². The van der Waals surface area contributed by atoms with Gasteiger partial charge in [0.15, 0.2) is 46.5 Å². The van der Waals surface area contributed by atoms with Gasteiger partial charge in [-0.1, -0.05) is 170 Å². The third-order valence-corrected chi connectivity index (χ3v) is 23.7. The summed E-state index contributed by atoms with van der Waals surface area (Å²) in [7, 11) is 3.14. The number of hydrogen-bond acceptors (Lipinski definition) is 2. The van der Waals surface area contributed by atoms with Crippen molar-refractivity contribution in [1.29, 1.82) is 0 Å². The Morgan fingerprint density at radius 2 is 0.414 bits per heavy atom. The number of alkyl halides is 24. The Bertz CT molecular complexity index is 4090. The predicted molar refractivity (Wildman–Crippen MR) is 358 cm³/mol. The van der Waals surface area contributed by atoms with E-state index in [4.69, 9.17) is 0 Å². The van der Waals surface area contributed by atoms with Gasteiger partial charge in [0.2, 0.25) is 0 Å². The van der Waals surface area contributed by atoms with Crippen LogP contribution in [0.4, 0.5) is 140 Å². The number of rotatable bonds is 16. The molecule has 0 heterocycles. The summed E-state index contributed by atoms with van der Waals surface area (Å²) in [4.78, 5) is -1.20. The summed E-state index contributed by atoms with van der Waals surface area (Å²) in [5.41, 5.74) is -30.2. The van der Waals surface area contributed by atoms with E-state index >= 15 is 0 Å². The van der Waals surface area contributed by atoms with Crippen LogP contribution in [-0.4, -0.2) is 30.0 Å². The van der Waals surface area contributed by atoms with Crippen LogP contribution in [0.15, 0.2) is 216 Å². The van der Waals surface area contributed by atoms with Crippen LogP contribution < -0.4 is 43.1 Å². The summed E-state index contributed by atoms with van der Waals surface area (Å²) in [5.74, 6) is -10.2. The Balaban J connectivity index is 0.000000260. The second kappa shape index (κ2) is 36.4. The quantitative estimate of drug-likeness (QED) is 0.0311. The van der Waals surface area contributed by atoms with Crippen molar-refractivity contribution >= 4 is 98.0 Å². The zero-order valence-electron chi connectivity index (χ0n) is 54.5. The summed E-state index contributed by atoms with van der Waals surface area (Å²) < 4.78 is 449. The van der Waals surface area contributed by atoms with Crippen LogP contribution in [0.25, 0.3) is 0 Å². The fraction of sp³-hybridized carbons (Fsp3) is 0.167. The maximum absolute atomic E-state index is 14.2. The molecule has 10 aromatic rings. The van der Waals surface area contributed by atoms with E-state index in [-0.39, 0.29) is 12.1 Å². The van der Waals surface area contributed by atoms with E-state index in [2.05, 4.69) is 9.42 Å². The van der Waals surface area contributed by atoms with Crippen molar-refractivity contribution in [1.82, 2.24) is 0 Å². The Labute approximate surface area is 634 Å². The first-order chi connectivity index (χ1) is 51.4. The molecule has 0 atom stereocenters. The topological polar surface area (TPSA) is 0 Å². The molecule has 0 saturated heterocycles. The minimum atomic E-state index is -6.13. The Kier molecular flexibility index (Phi) is 29.7. The maximum atomic E-state index is 14.2. The van der Waals surface area contributed by atoms with E-state index in [1.54, 1.807) is 18.8 Å². The molecule has 0 amide bonds. The Morgan fingerprint density at radius 3 is 0.568 bits per heavy atom. The number of benzene rings is 10. The molecule has 0 spiro atoms. The van der Waals surface area contributed by atoms with E-state index in [0.717, 1.165) is 44.7 Å². The van der Waals surface area contributed by atoms with Gasteiger partial charge >= 0.3 is 77.6 Å². The van der Waals surface area contributed by atoms with Crippen LogP contribution in [-0.2, 0) is 68.2 Å². The first kappa shape index (κ1) is 90.8. The fourth-order valence-corrected chi connectivity index (χ4v) is 18.4. The van der Waals surface area contributed by atoms with E-state index in [0.29, 0.717) is 23.8 Å². The normalized spacial score (nSPS) is 12.6. The van der Waals surface area contributed by atoms with Gasteiger partial charge in [-0.05, 0) is 73.7 Å². The Hall–Kier alpha value is -7.44. The molecule has 0 aliphatic heterocycles. The molecule has 0 fully saturated rings. The van der Waals surface area contributed by atoms with Gasteiger partial charge in [0, 0.05) is 23.6 Å². The van der Waals surface area contributed by atoms with E-state index < -0.39 is 267 Å². The SMILES string of the molecule is FC(F)(F)c1cc([B-](c2cc(C(F)(F)F)cc(C(F)(F)F)c2)(c2cc(C(F)(F)F)cc(C(F)(F)F)c2)c2cc(C(F)(F)F)cc(C(F)(F)F)c2)cc(C(F)(F)F)c1.Fc1cc(F)c(F)c(SCCP(c2ccccc2)c2ccccc2)c1F.Fc1cc(F)c(F)c(SCCP(c2ccccc2)c2ccccc2)c1F.[Cl][Pt+]. The molecule has 0 aliphatic carbocycles. The van der Waals surface area contributed by atoms with Gasteiger partial charge in [0.1, 0.15) is 6.15 Å². The van der Waals surface area contributed by atoms with Crippen molar-refractivity contribution in [3.8, 4) is 0 Å². The first-order valence-electron chi connectivity index (χ1n) is 30.6. The summed E-state index contributed by atoms with van der Waals surface area (Å²) in [5, 5.41) is 4.56. The summed E-state index contributed by atoms with van der Waals surface area (Å²) in [6.45, 7) is 0. The summed E-state index contributed by atoms with van der Waals surface area (Å²) in [6.07, 6.45) is -53.5. The molecule has 0 aliphatic rings. The third-order valence-electron chi connectivity index (χ3n) is 16.0. The molecule has 0 bridgehead atoms. The van der Waals surface area contributed by atoms with Crippen molar-refractivity contribution in [2.45, 2.75) is 59.2 Å². The Morgan fingerprint density at radius 1 is 0.252 bits per heavy atom. The van der Waals surface area contributed by atoms with Crippen LogP contribution in [0.5, 0.6) is 0 Å². The van der Waals surface area contributed by atoms with Gasteiger partial charge in [0.25, 0.3) is 0 Å². The zero-order valence-corrected chi connectivity index (χ0v) is 61.0. The van der Waals surface area contributed by atoms with Gasteiger partial charge in [-0.2, -0.15) is 127 Å². The molecule has 39 heteroatoms. The molecule has 596 valence electrons. The van der Waals surface area contributed by atoms with Crippen molar-refractivity contribution in [2.24, 2.45) is 0 Å². The van der Waals surface area contributed by atoms with Gasteiger partial charge in [-0.15, -0.1) is 23.5 Å². The molecule has 0 nitrogen and oxygen atoms in total. The van der Waals surface area contributed by atoms with Crippen LogP contribution in [0, 0.1) is 46.5 Å². The molecule has 10 aromatic carbocycles. The predicted octanol–water partition coefficient (Wildman–Crippen LogP) is 22.8. The second-order valence-electron chi connectivity index (χ2n) is 23.2. The molecule has 0 aromatic heterocycles. The minimum absolute atomic E-state index is 0.232. The molecule has 0 unspecified atom stereocenters. The van der Waals surface area contributed by atoms with Crippen molar-refractivity contribution in [3.63, 3.8) is 0 Å². The van der Waals surface area contributed by atoms with E-state index in [1.807, 2.05) is 121 Å². The van der Waals surface area contributed by atoms with Crippen LogP contribution >= 0.6 is 48.8 Å². The molecule has 0 radical (unpaired) electrons. The van der Waals surface area contributed by atoms with Crippen LogP contribution in [0.3, 0.4) is 0 Å². The van der Waals surface area contributed by atoms with Gasteiger partial charge < -0.3 is 0 Å². The van der Waals surface area contributed by atoms with Crippen molar-refractivity contribution in [3.05, 3.63) is 297 Å². The average molecular weight is 1880 g/mol. The molecule has 111 heavy (non-hydrogen) atoms. The van der Waals surface area contributed by atoms with E-state index in [1.165, 1.54) is 0 Å². The molecule has 10 rings (SSSR count). The monoisotopic (exact) mass is 1880 g/mol. The number of thioether (sulfide) groups is 2. The first-order valence-corrected chi connectivity index (χ1v) is 38.4. The fourth-order valence-electron chi connectivity index (χ4n) is 11.2. The molecular formula is C72H42BClF32P2PtS2. The average Bonchev–Trinajstić information content (AvgIpc) is 0.706. The van der Waals surface area contributed by atoms with Gasteiger partial charge in [-0.25, -0.2) is 35.1 Å². The van der Waals surface area contributed by atoms with Gasteiger partial charge in [0.05, 0.1) is 54.3 Å². The number of halogens is 33. The van der Waals surface area contributed by atoms with E-state index in [9.17, 15) is 140 Å². The number of hydrogen-bond donors (Lipinski definition) is 0. The molecule has 0 N–H and O–H groups in total. The standard InChI is InChI=1S/C32H12BF24.2C20H15F4PS.ClH.Pt/c34-25(35,36)13-1-14(26(37,38)39)6-21(5-13)33(22-7-15(27(40,41)42)2-16(8-22)28(43,44)45,23-9-17(29(46,47)48)3-18(10-23)30(49,50)51)24-11-19(31(52,53)54)4-20(12-24)32(55,56)57;2*21-16-13-17(22)19(24)20(18(16)23)26-12-11-25(14-7-3-1-4-8-14)15-9-5-2-6-10-15;;/h1-12H;2*1-10,13H,11-12H2;1H;/q-1;;;;+2/p-1. The van der Waals surface area contributed by atoms with Crippen LogP contribution in [0.1, 0.15) is 44.5 Å². The van der Waals surface area contributed by atoms with Gasteiger partial charge in [-0.3, -0.25) is 0 Å².